The van der Waals surface area contributed by atoms with Crippen molar-refractivity contribution >= 4 is 29.2 Å². The number of anilines is 1. The summed E-state index contributed by atoms with van der Waals surface area (Å²) in [7, 11) is 1.63. The molecule has 2 rings (SSSR count). The summed E-state index contributed by atoms with van der Waals surface area (Å²) in [6.45, 7) is 2.67. The van der Waals surface area contributed by atoms with E-state index in [1.807, 2.05) is 6.92 Å². The lowest BCUT2D eigenvalue weighted by atomic mass is 10.2. The second kappa shape index (κ2) is 7.46. The smallest absolute Gasteiger partial charge is 0.269 e. The van der Waals surface area contributed by atoms with Crippen LogP contribution >= 0.6 is 12.2 Å². The molecule has 22 heavy (non-hydrogen) atoms. The molecule has 9 heteroatoms. The van der Waals surface area contributed by atoms with Crippen molar-refractivity contribution < 1.29 is 9.53 Å². The Bertz CT molecular complexity index is 655. The van der Waals surface area contributed by atoms with E-state index in [2.05, 4.69) is 26.0 Å². The molecular weight excluding hydrogens is 304 g/mol. The molecule has 0 aliphatic carbocycles. The molecule has 1 heterocycles. The Hall–Kier alpha value is -2.55. The summed E-state index contributed by atoms with van der Waals surface area (Å²) < 4.78 is 5.46. The Morgan fingerprint density at radius 2 is 2.09 bits per heavy atom. The Labute approximate surface area is 132 Å². The predicted octanol–water partition coefficient (Wildman–Crippen LogP) is 1.13. The molecule has 0 atom stereocenters. The summed E-state index contributed by atoms with van der Waals surface area (Å²) in [4.78, 5) is 13.3. The number of nitrogens with zero attached hydrogens (tertiary/aromatic N) is 4. The normalized spacial score (nSPS) is 10.1. The fourth-order valence-electron chi connectivity index (χ4n) is 1.56. The van der Waals surface area contributed by atoms with Gasteiger partial charge in [0.2, 0.25) is 0 Å². The Morgan fingerprint density at radius 1 is 1.36 bits per heavy atom. The number of benzene rings is 1. The molecule has 0 aliphatic heterocycles. The van der Waals surface area contributed by atoms with Gasteiger partial charge in [0.25, 0.3) is 11.9 Å². The van der Waals surface area contributed by atoms with Crippen molar-refractivity contribution in [3.8, 4) is 5.75 Å². The zero-order valence-corrected chi connectivity index (χ0v) is 13.1. The van der Waals surface area contributed by atoms with Crippen LogP contribution in [0.25, 0.3) is 0 Å². The number of thiocarbonyl (C=S) groups is 1. The average molecular weight is 320 g/mol. The number of tetrazole rings is 1. The van der Waals surface area contributed by atoms with Crippen LogP contribution in [0.1, 0.15) is 23.7 Å². The third-order valence-corrected chi connectivity index (χ3v) is 2.75. The maximum Gasteiger partial charge on any atom is 0.269 e. The van der Waals surface area contributed by atoms with Crippen LogP contribution in [0.4, 0.5) is 5.95 Å². The van der Waals surface area contributed by atoms with Gasteiger partial charge in [-0.1, -0.05) is 12.0 Å². The first-order valence-corrected chi connectivity index (χ1v) is 7.08. The van der Waals surface area contributed by atoms with Crippen LogP contribution in [0.2, 0.25) is 0 Å². The topological polar surface area (TPSA) is 94.0 Å². The summed E-state index contributed by atoms with van der Waals surface area (Å²) >= 11 is 5.02. The molecule has 0 fully saturated rings. The van der Waals surface area contributed by atoms with Gasteiger partial charge in [0, 0.05) is 5.56 Å². The summed E-state index contributed by atoms with van der Waals surface area (Å²) in [6, 6.07) is 6.82. The van der Waals surface area contributed by atoms with Gasteiger partial charge in [-0.2, -0.15) is 4.80 Å². The molecule has 0 spiro atoms. The molecule has 0 radical (unpaired) electrons. The Kier molecular flexibility index (Phi) is 5.37. The highest BCUT2D eigenvalue weighted by Crippen LogP contribution is 2.12. The zero-order valence-electron chi connectivity index (χ0n) is 12.2. The van der Waals surface area contributed by atoms with E-state index >= 15 is 0 Å². The predicted molar refractivity (Wildman–Crippen MR) is 84.7 cm³/mol. The number of hydrogen-bond donors (Lipinski definition) is 2. The molecule has 2 N–H and O–H groups in total. The van der Waals surface area contributed by atoms with E-state index in [1.165, 1.54) is 4.80 Å². The van der Waals surface area contributed by atoms with Crippen molar-refractivity contribution in [2.45, 2.75) is 13.3 Å². The van der Waals surface area contributed by atoms with Crippen molar-refractivity contribution in [3.05, 3.63) is 29.8 Å². The molecule has 2 aromatic rings. The van der Waals surface area contributed by atoms with Crippen molar-refractivity contribution in [1.82, 2.24) is 25.5 Å². The van der Waals surface area contributed by atoms with E-state index in [1.54, 1.807) is 31.3 Å². The van der Waals surface area contributed by atoms with Gasteiger partial charge < -0.3 is 4.74 Å². The first-order valence-electron chi connectivity index (χ1n) is 6.67. The van der Waals surface area contributed by atoms with Crippen LogP contribution in [0.3, 0.4) is 0 Å². The van der Waals surface area contributed by atoms with Gasteiger partial charge in [0.1, 0.15) is 5.75 Å². The van der Waals surface area contributed by atoms with Gasteiger partial charge in [-0.25, -0.2) is 0 Å². The second-order valence-corrected chi connectivity index (χ2v) is 4.79. The summed E-state index contributed by atoms with van der Waals surface area (Å²) in [5.41, 5.74) is 0.472. The van der Waals surface area contributed by atoms with Gasteiger partial charge in [-0.15, -0.1) is 5.10 Å². The van der Waals surface area contributed by atoms with Crippen LogP contribution in [0.5, 0.6) is 5.75 Å². The van der Waals surface area contributed by atoms with Crippen LogP contribution in [-0.2, 0) is 7.05 Å². The first-order chi connectivity index (χ1) is 10.6. The average Bonchev–Trinajstić information content (AvgIpc) is 2.90. The summed E-state index contributed by atoms with van der Waals surface area (Å²) in [5, 5.41) is 16.6. The number of carbonyl (C=O) groups is 1. The molecule has 1 aromatic heterocycles. The van der Waals surface area contributed by atoms with E-state index in [0.29, 0.717) is 12.2 Å². The minimum Gasteiger partial charge on any atom is -0.494 e. The highest BCUT2D eigenvalue weighted by atomic mass is 32.1. The Balaban J connectivity index is 1.89. The number of amides is 1. The van der Waals surface area contributed by atoms with E-state index in [9.17, 15) is 4.79 Å². The number of nitrogens with one attached hydrogen (secondary N) is 2. The third kappa shape index (κ3) is 4.48. The van der Waals surface area contributed by atoms with E-state index < -0.39 is 0 Å². The van der Waals surface area contributed by atoms with Crippen molar-refractivity contribution in [1.29, 1.82) is 0 Å². The van der Waals surface area contributed by atoms with Gasteiger partial charge in [0.05, 0.1) is 13.7 Å². The highest BCUT2D eigenvalue weighted by molar-refractivity contribution is 7.80. The molecule has 1 amide bonds. The zero-order chi connectivity index (χ0) is 15.9. The molecule has 0 unspecified atom stereocenters. The van der Waals surface area contributed by atoms with Crippen LogP contribution in [0, 0.1) is 0 Å². The van der Waals surface area contributed by atoms with Crippen molar-refractivity contribution in [3.63, 3.8) is 0 Å². The third-order valence-electron chi connectivity index (χ3n) is 2.55. The standard InChI is InChI=1S/C13H16N6O2S/c1-3-8-21-10-6-4-9(5-7-10)11(20)14-13(22)15-12-16-18-19(2)17-12/h4-7H,3,8H2,1-2H3,(H2,14,15,17,20,22). The number of aryl methyl sites for hydroxylation is 1. The van der Waals surface area contributed by atoms with E-state index in [4.69, 9.17) is 17.0 Å². The second-order valence-electron chi connectivity index (χ2n) is 4.38. The minimum atomic E-state index is -0.330. The van der Waals surface area contributed by atoms with Crippen molar-refractivity contribution in [2.24, 2.45) is 7.05 Å². The molecule has 0 saturated heterocycles. The first kappa shape index (κ1) is 15.8. The number of aromatic nitrogens is 4. The highest BCUT2D eigenvalue weighted by Gasteiger charge is 2.09. The van der Waals surface area contributed by atoms with Gasteiger partial charge >= 0.3 is 0 Å². The molecule has 0 aliphatic rings. The fraction of sp³-hybridized carbons (Fsp3) is 0.308. The maximum absolute atomic E-state index is 12.0. The van der Waals surface area contributed by atoms with Gasteiger partial charge in [-0.05, 0) is 48.1 Å². The number of hydrogen-bond acceptors (Lipinski definition) is 6. The number of rotatable bonds is 5. The number of ether oxygens (including phenoxy) is 1. The summed E-state index contributed by atoms with van der Waals surface area (Å²) in [5.74, 6) is 0.613. The minimum absolute atomic E-state index is 0.101. The van der Waals surface area contributed by atoms with Crippen LogP contribution in [0.15, 0.2) is 24.3 Å². The van der Waals surface area contributed by atoms with Crippen LogP contribution < -0.4 is 15.4 Å². The molecule has 0 saturated carbocycles. The summed E-state index contributed by atoms with van der Waals surface area (Å²) in [6.07, 6.45) is 0.929. The van der Waals surface area contributed by atoms with E-state index in [-0.39, 0.29) is 17.0 Å². The lowest BCUT2D eigenvalue weighted by Crippen LogP contribution is -2.34. The lowest BCUT2D eigenvalue weighted by molar-refractivity contribution is 0.0977. The SMILES string of the molecule is CCCOc1ccc(C(=O)NC(=S)Nc2nnn(C)n2)cc1. The lowest BCUT2D eigenvalue weighted by Gasteiger charge is -2.08. The maximum atomic E-state index is 12.0. The molecule has 116 valence electrons. The number of carbonyl (C=O) groups excluding carboxylic acids is 1. The Morgan fingerprint density at radius 3 is 2.68 bits per heavy atom. The quantitative estimate of drug-likeness (QED) is 0.797. The van der Waals surface area contributed by atoms with Crippen LogP contribution in [-0.4, -0.2) is 37.8 Å². The molecule has 8 nitrogen and oxygen atoms in total. The van der Waals surface area contributed by atoms with Crippen molar-refractivity contribution in [2.75, 3.05) is 11.9 Å². The largest absolute Gasteiger partial charge is 0.494 e. The van der Waals surface area contributed by atoms with Gasteiger partial charge in [-0.3, -0.25) is 15.4 Å². The molecule has 0 bridgehead atoms. The molecular formula is C13H16N6O2S. The fourth-order valence-corrected chi connectivity index (χ4v) is 1.75. The van der Waals surface area contributed by atoms with E-state index in [0.717, 1.165) is 12.2 Å². The molecule has 1 aromatic carbocycles. The monoisotopic (exact) mass is 320 g/mol. The van der Waals surface area contributed by atoms with Gasteiger partial charge in [0.15, 0.2) is 5.11 Å².